The minimum Gasteiger partial charge on any atom is -0.386 e. The van der Waals surface area contributed by atoms with E-state index in [1.807, 2.05) is 24.3 Å². The Bertz CT molecular complexity index is 633. The standard InChI is InChI=1S/C16H14N2O/c17-11-16(15(19)13-6-9-18-10-7-13)8-5-12-3-1-2-4-14(12)16/h1-4,6-7,9-10,15,19H,5,8H2. The minimum absolute atomic E-state index is 0.659. The van der Waals surface area contributed by atoms with Crippen LogP contribution >= 0.6 is 0 Å². The SMILES string of the molecule is N#CC1(C(O)c2ccncc2)CCc2ccccc21. The van der Waals surface area contributed by atoms with Crippen molar-refractivity contribution in [3.8, 4) is 6.07 Å². The summed E-state index contributed by atoms with van der Waals surface area (Å²) in [5, 5.41) is 20.3. The van der Waals surface area contributed by atoms with Gasteiger partial charge in [-0.25, -0.2) is 0 Å². The van der Waals surface area contributed by atoms with E-state index >= 15 is 0 Å². The second kappa shape index (κ2) is 4.49. The number of pyridine rings is 1. The van der Waals surface area contributed by atoms with Crippen molar-refractivity contribution >= 4 is 0 Å². The maximum Gasteiger partial charge on any atom is 0.113 e. The van der Waals surface area contributed by atoms with Crippen molar-refractivity contribution in [3.05, 3.63) is 65.5 Å². The Morgan fingerprint density at radius 1 is 1.21 bits per heavy atom. The molecule has 1 aromatic heterocycles. The van der Waals surface area contributed by atoms with Gasteiger partial charge in [-0.3, -0.25) is 4.98 Å². The fraction of sp³-hybridized carbons (Fsp3) is 0.250. The number of aliphatic hydroxyl groups is 1. The highest BCUT2D eigenvalue weighted by atomic mass is 16.3. The number of rotatable bonds is 2. The first-order chi connectivity index (χ1) is 9.28. The first-order valence-corrected chi connectivity index (χ1v) is 6.35. The molecule has 1 N–H and O–H groups in total. The molecule has 0 amide bonds. The van der Waals surface area contributed by atoms with E-state index in [1.54, 1.807) is 24.5 Å². The fourth-order valence-corrected chi connectivity index (χ4v) is 2.93. The number of hydrogen-bond acceptors (Lipinski definition) is 3. The van der Waals surface area contributed by atoms with Crippen LogP contribution in [0.2, 0.25) is 0 Å². The molecule has 0 fully saturated rings. The first-order valence-electron chi connectivity index (χ1n) is 6.35. The molecular formula is C16H14N2O. The highest BCUT2D eigenvalue weighted by Crippen LogP contribution is 2.46. The lowest BCUT2D eigenvalue weighted by Gasteiger charge is -2.28. The summed E-state index contributed by atoms with van der Waals surface area (Å²) in [6.07, 6.45) is 3.97. The number of nitrogens with zero attached hydrogens (tertiary/aromatic N) is 2. The lowest BCUT2D eigenvalue weighted by Crippen LogP contribution is -2.29. The third kappa shape index (κ3) is 1.73. The van der Waals surface area contributed by atoms with Crippen molar-refractivity contribution < 1.29 is 5.11 Å². The maximum atomic E-state index is 10.7. The Labute approximate surface area is 112 Å². The Balaban J connectivity index is 2.10. The van der Waals surface area contributed by atoms with E-state index in [4.69, 9.17) is 0 Å². The first kappa shape index (κ1) is 11.9. The quantitative estimate of drug-likeness (QED) is 0.891. The lowest BCUT2D eigenvalue weighted by molar-refractivity contribution is 0.111. The second-order valence-electron chi connectivity index (χ2n) is 4.92. The van der Waals surface area contributed by atoms with Gasteiger partial charge in [-0.1, -0.05) is 24.3 Å². The van der Waals surface area contributed by atoms with E-state index in [9.17, 15) is 10.4 Å². The summed E-state index contributed by atoms with van der Waals surface area (Å²) in [6, 6.07) is 13.8. The van der Waals surface area contributed by atoms with Gasteiger partial charge in [0.05, 0.1) is 6.07 Å². The number of benzene rings is 1. The van der Waals surface area contributed by atoms with Crippen LogP contribution in [0.25, 0.3) is 0 Å². The zero-order chi connectivity index (χ0) is 13.3. The van der Waals surface area contributed by atoms with Gasteiger partial charge in [0.2, 0.25) is 0 Å². The molecule has 19 heavy (non-hydrogen) atoms. The van der Waals surface area contributed by atoms with E-state index in [2.05, 4.69) is 11.1 Å². The third-order valence-corrected chi connectivity index (χ3v) is 3.97. The molecule has 0 radical (unpaired) electrons. The monoisotopic (exact) mass is 250 g/mol. The maximum absolute atomic E-state index is 10.7. The van der Waals surface area contributed by atoms with E-state index in [0.717, 1.165) is 23.1 Å². The molecule has 2 unspecified atom stereocenters. The molecule has 2 atom stereocenters. The summed E-state index contributed by atoms with van der Waals surface area (Å²) in [5.41, 5.74) is 2.03. The summed E-state index contributed by atoms with van der Waals surface area (Å²) in [4.78, 5) is 3.95. The van der Waals surface area contributed by atoms with Crippen molar-refractivity contribution in [2.75, 3.05) is 0 Å². The molecule has 0 spiro atoms. The van der Waals surface area contributed by atoms with Gasteiger partial charge >= 0.3 is 0 Å². The Morgan fingerprint density at radius 2 is 1.95 bits per heavy atom. The summed E-state index contributed by atoms with van der Waals surface area (Å²) in [5.74, 6) is 0. The summed E-state index contributed by atoms with van der Waals surface area (Å²) in [6.45, 7) is 0. The van der Waals surface area contributed by atoms with Crippen LogP contribution < -0.4 is 0 Å². The van der Waals surface area contributed by atoms with Gasteiger partial charge < -0.3 is 5.11 Å². The Morgan fingerprint density at radius 3 is 2.68 bits per heavy atom. The zero-order valence-electron chi connectivity index (χ0n) is 10.5. The van der Waals surface area contributed by atoms with Gasteiger partial charge in [-0.15, -0.1) is 0 Å². The molecule has 1 heterocycles. The average Bonchev–Trinajstić information content (AvgIpc) is 2.87. The number of fused-ring (bicyclic) bond motifs is 1. The zero-order valence-corrected chi connectivity index (χ0v) is 10.5. The van der Waals surface area contributed by atoms with E-state index in [1.165, 1.54) is 0 Å². The van der Waals surface area contributed by atoms with Crippen LogP contribution in [0.5, 0.6) is 0 Å². The van der Waals surface area contributed by atoms with Crippen molar-refractivity contribution in [2.24, 2.45) is 0 Å². The molecule has 0 bridgehead atoms. The van der Waals surface area contributed by atoms with Crippen LogP contribution in [0.1, 0.15) is 29.2 Å². The van der Waals surface area contributed by atoms with Crippen molar-refractivity contribution in [1.29, 1.82) is 5.26 Å². The predicted molar refractivity (Wildman–Crippen MR) is 71.3 cm³/mol. The number of nitriles is 1. The molecule has 0 saturated carbocycles. The smallest absolute Gasteiger partial charge is 0.113 e. The minimum atomic E-state index is -0.835. The molecule has 3 nitrogen and oxygen atoms in total. The average molecular weight is 250 g/mol. The molecule has 1 aromatic carbocycles. The van der Waals surface area contributed by atoms with Crippen LogP contribution in [0, 0.1) is 11.3 Å². The highest BCUT2D eigenvalue weighted by Gasteiger charge is 2.45. The second-order valence-corrected chi connectivity index (χ2v) is 4.92. The van der Waals surface area contributed by atoms with Crippen molar-refractivity contribution in [1.82, 2.24) is 4.98 Å². The molecule has 0 saturated heterocycles. The van der Waals surface area contributed by atoms with Crippen LogP contribution in [0.3, 0.4) is 0 Å². The molecule has 3 heteroatoms. The van der Waals surface area contributed by atoms with Gasteiger partial charge in [0, 0.05) is 12.4 Å². The fourth-order valence-electron chi connectivity index (χ4n) is 2.93. The van der Waals surface area contributed by atoms with Gasteiger partial charge in [-0.05, 0) is 41.7 Å². The van der Waals surface area contributed by atoms with Gasteiger partial charge in [0.1, 0.15) is 11.5 Å². The predicted octanol–water partition coefficient (Wildman–Crippen LogP) is 2.52. The number of aliphatic hydroxyl groups excluding tert-OH is 1. The van der Waals surface area contributed by atoms with Crippen molar-refractivity contribution in [3.63, 3.8) is 0 Å². The molecular weight excluding hydrogens is 236 g/mol. The molecule has 2 aromatic rings. The number of aryl methyl sites for hydroxylation is 1. The topological polar surface area (TPSA) is 56.9 Å². The lowest BCUT2D eigenvalue weighted by atomic mass is 9.75. The molecule has 1 aliphatic rings. The third-order valence-electron chi connectivity index (χ3n) is 3.97. The molecule has 94 valence electrons. The molecule has 3 rings (SSSR count). The largest absolute Gasteiger partial charge is 0.386 e. The summed E-state index contributed by atoms with van der Waals surface area (Å²) in [7, 11) is 0. The van der Waals surface area contributed by atoms with Gasteiger partial charge in [0.25, 0.3) is 0 Å². The van der Waals surface area contributed by atoms with Crippen LogP contribution in [-0.4, -0.2) is 10.1 Å². The van der Waals surface area contributed by atoms with Gasteiger partial charge in [0.15, 0.2) is 0 Å². The van der Waals surface area contributed by atoms with Crippen LogP contribution in [-0.2, 0) is 11.8 Å². The van der Waals surface area contributed by atoms with E-state index < -0.39 is 11.5 Å². The Kier molecular flexibility index (Phi) is 2.81. The molecule has 0 aliphatic heterocycles. The van der Waals surface area contributed by atoms with Crippen LogP contribution in [0.15, 0.2) is 48.8 Å². The highest BCUT2D eigenvalue weighted by molar-refractivity contribution is 5.47. The normalized spacial score (nSPS) is 22.5. The van der Waals surface area contributed by atoms with Gasteiger partial charge in [-0.2, -0.15) is 5.26 Å². The molecule has 1 aliphatic carbocycles. The Hall–Kier alpha value is -2.18. The van der Waals surface area contributed by atoms with E-state index in [-0.39, 0.29) is 0 Å². The van der Waals surface area contributed by atoms with Crippen LogP contribution in [0.4, 0.5) is 0 Å². The number of aromatic nitrogens is 1. The number of hydrogen-bond donors (Lipinski definition) is 1. The summed E-state index contributed by atoms with van der Waals surface area (Å²) < 4.78 is 0. The summed E-state index contributed by atoms with van der Waals surface area (Å²) >= 11 is 0. The van der Waals surface area contributed by atoms with E-state index in [0.29, 0.717) is 6.42 Å². The van der Waals surface area contributed by atoms with Crippen molar-refractivity contribution in [2.45, 2.75) is 24.4 Å².